The van der Waals surface area contributed by atoms with Crippen LogP contribution in [0.4, 0.5) is 0 Å². The summed E-state index contributed by atoms with van der Waals surface area (Å²) in [5, 5.41) is 2.70. The number of nitrogens with one attached hydrogen (secondary N) is 1. The summed E-state index contributed by atoms with van der Waals surface area (Å²) in [6.45, 7) is 0.377. The average Bonchev–Trinajstić information content (AvgIpc) is 3.15. The Hall–Kier alpha value is -3.78. The van der Waals surface area contributed by atoms with Gasteiger partial charge in [-0.3, -0.25) is 24.1 Å². The second kappa shape index (κ2) is 12.0. The Kier molecular flexibility index (Phi) is 8.50. The summed E-state index contributed by atoms with van der Waals surface area (Å²) in [5.41, 5.74) is 2.59. The van der Waals surface area contributed by atoms with Crippen LogP contribution in [-0.4, -0.2) is 53.1 Å². The summed E-state index contributed by atoms with van der Waals surface area (Å²) in [5.74, 6) is -1.16. The summed E-state index contributed by atoms with van der Waals surface area (Å²) in [6, 6.07) is 23.2. The number of benzene rings is 3. The zero-order valence-electron chi connectivity index (χ0n) is 20.5. The van der Waals surface area contributed by atoms with Crippen LogP contribution in [0, 0.1) is 0 Å². The average molecular weight is 562 g/mol. The maximum absolute atomic E-state index is 13.6. The molecule has 1 N–H and O–H groups in total. The highest BCUT2D eigenvalue weighted by molar-refractivity contribution is 9.10. The fourth-order valence-electron chi connectivity index (χ4n) is 4.53. The van der Waals surface area contributed by atoms with Crippen molar-refractivity contribution in [3.63, 3.8) is 0 Å². The predicted octanol–water partition coefficient (Wildman–Crippen LogP) is 4.21. The summed E-state index contributed by atoms with van der Waals surface area (Å²) in [4.78, 5) is 54.7. The number of rotatable bonds is 10. The van der Waals surface area contributed by atoms with Crippen LogP contribution in [0.15, 0.2) is 83.3 Å². The van der Waals surface area contributed by atoms with Crippen molar-refractivity contribution < 1.29 is 19.2 Å². The van der Waals surface area contributed by atoms with Crippen LogP contribution in [-0.2, 0) is 22.6 Å². The lowest BCUT2D eigenvalue weighted by atomic mass is 10.0. The van der Waals surface area contributed by atoms with Crippen molar-refractivity contribution in [3.05, 3.63) is 106 Å². The minimum Gasteiger partial charge on any atom is -0.357 e. The monoisotopic (exact) mass is 561 g/mol. The van der Waals surface area contributed by atoms with Gasteiger partial charge in [-0.1, -0.05) is 70.5 Å². The molecule has 0 unspecified atom stereocenters. The number of nitrogens with zero attached hydrogens (tertiary/aromatic N) is 2. The third kappa shape index (κ3) is 6.14. The minimum absolute atomic E-state index is 0.0870. The smallest absolute Gasteiger partial charge is 0.261 e. The maximum atomic E-state index is 13.6. The molecule has 8 heteroatoms. The van der Waals surface area contributed by atoms with Gasteiger partial charge in [0.1, 0.15) is 6.04 Å². The molecular weight excluding hydrogens is 534 g/mol. The van der Waals surface area contributed by atoms with Crippen molar-refractivity contribution in [1.82, 2.24) is 15.1 Å². The molecule has 0 aliphatic carbocycles. The van der Waals surface area contributed by atoms with E-state index < -0.39 is 6.04 Å². The molecule has 1 heterocycles. The summed E-state index contributed by atoms with van der Waals surface area (Å²) in [7, 11) is 1.56. The van der Waals surface area contributed by atoms with Gasteiger partial charge in [0.2, 0.25) is 11.8 Å². The van der Waals surface area contributed by atoms with Gasteiger partial charge in [0.25, 0.3) is 11.8 Å². The molecule has 0 spiro atoms. The van der Waals surface area contributed by atoms with Crippen molar-refractivity contribution >= 4 is 39.6 Å². The van der Waals surface area contributed by atoms with Gasteiger partial charge in [0.05, 0.1) is 11.1 Å². The molecule has 37 heavy (non-hydrogen) atoms. The number of carbonyl (C=O) groups is 4. The van der Waals surface area contributed by atoms with Gasteiger partial charge >= 0.3 is 0 Å². The van der Waals surface area contributed by atoms with Gasteiger partial charge in [0, 0.05) is 37.5 Å². The predicted molar refractivity (Wildman–Crippen MR) is 144 cm³/mol. The Labute approximate surface area is 224 Å². The Morgan fingerprint density at radius 1 is 0.892 bits per heavy atom. The van der Waals surface area contributed by atoms with Crippen molar-refractivity contribution in [2.45, 2.75) is 31.8 Å². The molecule has 0 bridgehead atoms. The molecule has 1 atom stereocenters. The van der Waals surface area contributed by atoms with E-state index in [1.165, 1.54) is 4.90 Å². The van der Waals surface area contributed by atoms with Crippen LogP contribution in [0.25, 0.3) is 0 Å². The van der Waals surface area contributed by atoms with Gasteiger partial charge in [-0.15, -0.1) is 0 Å². The normalized spacial score (nSPS) is 13.3. The van der Waals surface area contributed by atoms with E-state index in [1.807, 2.05) is 54.6 Å². The Bertz CT molecular complexity index is 1280. The second-order valence-corrected chi connectivity index (χ2v) is 9.80. The lowest BCUT2D eigenvalue weighted by molar-refractivity contribution is -0.141. The van der Waals surface area contributed by atoms with Gasteiger partial charge in [0.15, 0.2) is 0 Å². The highest BCUT2D eigenvalue weighted by Gasteiger charge is 2.35. The Balaban J connectivity index is 1.51. The van der Waals surface area contributed by atoms with Crippen molar-refractivity contribution in [2.24, 2.45) is 0 Å². The van der Waals surface area contributed by atoms with E-state index in [2.05, 4.69) is 21.2 Å². The fraction of sp³-hybridized carbons (Fsp3) is 0.241. The van der Waals surface area contributed by atoms with Crippen LogP contribution in [0.2, 0.25) is 0 Å². The van der Waals surface area contributed by atoms with Crippen LogP contribution < -0.4 is 5.32 Å². The highest BCUT2D eigenvalue weighted by Crippen LogP contribution is 2.23. The van der Waals surface area contributed by atoms with Crippen molar-refractivity contribution in [2.75, 3.05) is 13.6 Å². The molecule has 190 valence electrons. The number of hydrogen-bond acceptors (Lipinski definition) is 4. The number of likely N-dealkylation sites (N-methyl/N-ethyl adjacent to an activating group) is 1. The Morgan fingerprint density at radius 3 is 2.14 bits per heavy atom. The number of halogens is 1. The lowest BCUT2D eigenvalue weighted by Crippen LogP contribution is -2.49. The molecule has 4 rings (SSSR count). The van der Waals surface area contributed by atoms with E-state index in [-0.39, 0.29) is 43.1 Å². The first kappa shape index (κ1) is 26.3. The number of carbonyl (C=O) groups excluding carboxylic acids is 4. The van der Waals surface area contributed by atoms with Crippen molar-refractivity contribution in [1.29, 1.82) is 0 Å². The molecule has 0 aromatic heterocycles. The van der Waals surface area contributed by atoms with E-state index >= 15 is 0 Å². The maximum Gasteiger partial charge on any atom is 0.261 e. The topological polar surface area (TPSA) is 86.8 Å². The first-order valence-electron chi connectivity index (χ1n) is 12.1. The van der Waals surface area contributed by atoms with Crippen LogP contribution in [0.1, 0.15) is 44.7 Å². The molecule has 4 amide bonds. The summed E-state index contributed by atoms with van der Waals surface area (Å²) < 4.78 is 0.877. The van der Waals surface area contributed by atoms with Crippen LogP contribution >= 0.6 is 15.9 Å². The first-order valence-corrected chi connectivity index (χ1v) is 12.9. The highest BCUT2D eigenvalue weighted by atomic mass is 79.9. The van der Waals surface area contributed by atoms with Gasteiger partial charge < -0.3 is 10.2 Å². The van der Waals surface area contributed by atoms with Gasteiger partial charge in [-0.25, -0.2) is 0 Å². The standard InChI is InChI=1S/C29H28BrN3O4/c1-31-27(35)25(18-20-9-3-2-4-10-20)33(19-21-11-7-12-22(30)17-21)26(34)15-8-16-32-28(36)23-13-5-6-14-24(23)29(32)37/h2-7,9-14,17,25H,8,15-16,18-19H2,1H3,(H,31,35)/t25-/m1/s1. The molecule has 3 aromatic carbocycles. The molecular formula is C29H28BrN3O4. The van der Waals surface area contributed by atoms with Crippen molar-refractivity contribution in [3.8, 4) is 0 Å². The lowest BCUT2D eigenvalue weighted by Gasteiger charge is -2.31. The molecule has 0 saturated carbocycles. The number of fused-ring (bicyclic) bond motifs is 1. The SMILES string of the molecule is CNC(=O)[C@@H](Cc1ccccc1)N(Cc1cccc(Br)c1)C(=O)CCCN1C(=O)c2ccccc2C1=O. The molecule has 3 aromatic rings. The fourth-order valence-corrected chi connectivity index (χ4v) is 4.97. The third-order valence-corrected chi connectivity index (χ3v) is 6.90. The van der Waals surface area contributed by atoms with E-state index in [0.717, 1.165) is 15.6 Å². The second-order valence-electron chi connectivity index (χ2n) is 8.88. The minimum atomic E-state index is -0.724. The van der Waals surface area contributed by atoms with E-state index in [1.54, 1.807) is 36.2 Å². The van der Waals surface area contributed by atoms with Crippen LogP contribution in [0.3, 0.4) is 0 Å². The molecule has 0 fully saturated rings. The number of hydrogen-bond donors (Lipinski definition) is 1. The largest absolute Gasteiger partial charge is 0.357 e. The van der Waals surface area contributed by atoms with E-state index in [9.17, 15) is 19.2 Å². The molecule has 1 aliphatic rings. The summed E-state index contributed by atoms with van der Waals surface area (Å²) in [6.07, 6.45) is 0.743. The molecule has 0 saturated heterocycles. The van der Waals surface area contributed by atoms with E-state index in [4.69, 9.17) is 0 Å². The molecule has 0 radical (unpaired) electrons. The first-order chi connectivity index (χ1) is 17.9. The number of amides is 4. The zero-order valence-corrected chi connectivity index (χ0v) is 22.1. The Morgan fingerprint density at radius 2 is 1.51 bits per heavy atom. The van der Waals surface area contributed by atoms with Crippen LogP contribution in [0.5, 0.6) is 0 Å². The summed E-state index contributed by atoms with van der Waals surface area (Å²) >= 11 is 3.47. The molecule has 7 nitrogen and oxygen atoms in total. The molecule has 1 aliphatic heterocycles. The van der Waals surface area contributed by atoms with Gasteiger partial charge in [-0.05, 0) is 41.8 Å². The third-order valence-electron chi connectivity index (χ3n) is 6.41. The van der Waals surface area contributed by atoms with E-state index in [0.29, 0.717) is 24.0 Å². The number of imide groups is 1. The zero-order chi connectivity index (χ0) is 26.4. The quantitative estimate of drug-likeness (QED) is 0.375. The van der Waals surface area contributed by atoms with Gasteiger partial charge in [-0.2, -0.15) is 0 Å².